The highest BCUT2D eigenvalue weighted by Crippen LogP contribution is 2.25. The number of aromatic nitrogens is 1. The first-order valence-electron chi connectivity index (χ1n) is 9.59. The molecule has 156 valence electrons. The normalized spacial score (nSPS) is 12.0. The first kappa shape index (κ1) is 20.5. The van der Waals surface area contributed by atoms with Crippen molar-refractivity contribution < 1.29 is 9.34 Å². The Labute approximate surface area is 182 Å². The molecule has 0 bridgehead atoms. The second kappa shape index (κ2) is 8.53. The Kier molecular flexibility index (Phi) is 5.64. The van der Waals surface area contributed by atoms with Crippen LogP contribution in [0.3, 0.4) is 0 Å². The fourth-order valence-electron chi connectivity index (χ4n) is 3.11. The van der Waals surface area contributed by atoms with Crippen molar-refractivity contribution in [1.82, 2.24) is 4.68 Å². The van der Waals surface area contributed by atoms with Crippen molar-refractivity contribution in [1.29, 1.82) is 0 Å². The predicted octanol–water partition coefficient (Wildman–Crippen LogP) is 5.76. The van der Waals surface area contributed by atoms with Crippen molar-refractivity contribution in [3.8, 4) is 11.3 Å². The molecule has 0 unspecified atom stereocenters. The molecule has 2 heterocycles. The quantitative estimate of drug-likeness (QED) is 0.228. The Balaban J connectivity index is 1.86. The fraction of sp³-hybridized carbons (Fsp3) is 0.130. The van der Waals surface area contributed by atoms with E-state index in [1.165, 1.54) is 29.7 Å². The molecule has 0 radical (unpaired) electrons. The lowest BCUT2D eigenvalue weighted by Crippen LogP contribution is -2.11. The molecule has 0 aliphatic heterocycles. The van der Waals surface area contributed by atoms with Gasteiger partial charge >= 0.3 is 5.88 Å². The number of nitro groups is 1. The van der Waals surface area contributed by atoms with E-state index < -0.39 is 4.92 Å². The molecule has 0 fully saturated rings. The molecule has 7 nitrogen and oxygen atoms in total. The fourth-order valence-corrected chi connectivity index (χ4v) is 3.96. The third-order valence-electron chi connectivity index (χ3n) is 4.77. The van der Waals surface area contributed by atoms with Gasteiger partial charge < -0.3 is 4.42 Å². The molecule has 0 aliphatic carbocycles. The highest BCUT2D eigenvalue weighted by Gasteiger charge is 2.12. The summed E-state index contributed by atoms with van der Waals surface area (Å²) in [5, 5.41) is 17.4. The summed E-state index contributed by atoms with van der Waals surface area (Å²) >= 11 is 1.48. The summed E-state index contributed by atoms with van der Waals surface area (Å²) in [7, 11) is 0. The third kappa shape index (κ3) is 4.39. The maximum atomic E-state index is 10.9. The molecule has 0 saturated carbocycles. The summed E-state index contributed by atoms with van der Waals surface area (Å²) in [6.45, 7) is 6.08. The van der Waals surface area contributed by atoms with Crippen LogP contribution in [0.1, 0.15) is 22.5 Å². The molecule has 0 N–H and O–H groups in total. The van der Waals surface area contributed by atoms with Crippen LogP contribution in [0.5, 0.6) is 0 Å². The Morgan fingerprint density at radius 1 is 1.03 bits per heavy atom. The maximum absolute atomic E-state index is 10.9. The summed E-state index contributed by atoms with van der Waals surface area (Å²) in [5.41, 5.74) is 6.07. The molecule has 0 saturated heterocycles. The lowest BCUT2D eigenvalue weighted by Gasteiger charge is -2.05. The van der Waals surface area contributed by atoms with E-state index in [9.17, 15) is 10.1 Å². The number of hydrogen-bond donors (Lipinski definition) is 0. The van der Waals surface area contributed by atoms with Crippen LogP contribution in [0, 0.1) is 30.9 Å². The van der Waals surface area contributed by atoms with Gasteiger partial charge in [0.15, 0.2) is 5.76 Å². The van der Waals surface area contributed by atoms with Gasteiger partial charge in [-0.2, -0.15) is 5.10 Å². The minimum Gasteiger partial charge on any atom is -0.400 e. The number of rotatable bonds is 5. The molecular weight excluding hydrogens is 412 g/mol. The van der Waals surface area contributed by atoms with Crippen LogP contribution >= 0.6 is 11.3 Å². The summed E-state index contributed by atoms with van der Waals surface area (Å²) in [6.07, 6.45) is 1.46. The van der Waals surface area contributed by atoms with Crippen molar-refractivity contribution in [2.75, 3.05) is 0 Å². The zero-order chi connectivity index (χ0) is 22.0. The van der Waals surface area contributed by atoms with Crippen LogP contribution in [0.25, 0.3) is 11.3 Å². The molecule has 0 aliphatic rings. The first-order valence-corrected chi connectivity index (χ1v) is 10.5. The van der Waals surface area contributed by atoms with Gasteiger partial charge in [-0.1, -0.05) is 48.0 Å². The van der Waals surface area contributed by atoms with Gasteiger partial charge in [0.05, 0.1) is 23.7 Å². The Hall–Kier alpha value is -3.78. The lowest BCUT2D eigenvalue weighted by molar-refractivity contribution is -0.402. The Bertz CT molecular complexity index is 1320. The Morgan fingerprint density at radius 2 is 1.74 bits per heavy atom. The van der Waals surface area contributed by atoms with E-state index in [4.69, 9.17) is 9.41 Å². The van der Waals surface area contributed by atoms with E-state index in [-0.39, 0.29) is 5.88 Å². The molecule has 31 heavy (non-hydrogen) atoms. The van der Waals surface area contributed by atoms with Crippen LogP contribution < -0.4 is 4.80 Å². The molecule has 2 aromatic heterocycles. The van der Waals surface area contributed by atoms with Crippen LogP contribution in [0.2, 0.25) is 0 Å². The number of furan rings is 1. The van der Waals surface area contributed by atoms with Gasteiger partial charge in [-0.3, -0.25) is 10.1 Å². The SMILES string of the molecule is Cc1ccc(-c2csc(=Nc3c(C)cccc3C)n2N=Cc2ccc([N+](=O)[O-])o2)cc1. The number of benzene rings is 2. The van der Waals surface area contributed by atoms with Crippen molar-refractivity contribution >= 4 is 29.1 Å². The summed E-state index contributed by atoms with van der Waals surface area (Å²) in [5.74, 6) is -0.0331. The number of para-hydroxylation sites is 1. The average molecular weight is 433 g/mol. The van der Waals surface area contributed by atoms with Crippen molar-refractivity contribution in [2.45, 2.75) is 20.8 Å². The third-order valence-corrected chi connectivity index (χ3v) is 5.59. The topological polar surface area (TPSA) is 85.9 Å². The van der Waals surface area contributed by atoms with Crippen LogP contribution in [0.4, 0.5) is 11.6 Å². The lowest BCUT2D eigenvalue weighted by atomic mass is 10.1. The summed E-state index contributed by atoms with van der Waals surface area (Å²) in [6, 6.07) is 17.0. The highest BCUT2D eigenvalue weighted by atomic mass is 32.1. The standard InChI is InChI=1S/C23H20N4O3S/c1-15-7-9-18(10-8-15)20-14-31-23(25-22-16(2)5-4-6-17(22)3)26(20)24-13-19-11-12-21(30-19)27(28)29/h4-14H,1-3H3. The van der Waals surface area contributed by atoms with Gasteiger partial charge in [-0.25, -0.2) is 9.67 Å². The minimum absolute atomic E-state index is 0.290. The van der Waals surface area contributed by atoms with Crippen molar-refractivity contribution in [2.24, 2.45) is 10.1 Å². The van der Waals surface area contributed by atoms with Crippen LogP contribution in [0.15, 0.2) is 74.5 Å². The van der Waals surface area contributed by atoms with Gasteiger partial charge in [0.25, 0.3) is 0 Å². The largest absolute Gasteiger partial charge is 0.433 e. The molecule has 2 aromatic carbocycles. The molecule has 0 amide bonds. The number of aryl methyl sites for hydroxylation is 3. The van der Waals surface area contributed by atoms with Crippen molar-refractivity contribution in [3.05, 3.63) is 97.3 Å². The second-order valence-electron chi connectivity index (χ2n) is 7.11. The van der Waals surface area contributed by atoms with E-state index in [2.05, 4.69) is 5.10 Å². The van der Waals surface area contributed by atoms with E-state index in [0.29, 0.717) is 10.6 Å². The average Bonchev–Trinajstić information content (AvgIpc) is 3.37. The zero-order valence-corrected chi connectivity index (χ0v) is 18.1. The molecule has 0 spiro atoms. The monoisotopic (exact) mass is 432 g/mol. The van der Waals surface area contributed by atoms with E-state index in [1.54, 1.807) is 4.68 Å². The highest BCUT2D eigenvalue weighted by molar-refractivity contribution is 7.07. The first-order chi connectivity index (χ1) is 14.9. The molecule has 8 heteroatoms. The van der Waals surface area contributed by atoms with Crippen molar-refractivity contribution in [3.63, 3.8) is 0 Å². The molecule has 0 atom stereocenters. The second-order valence-corrected chi connectivity index (χ2v) is 7.95. The predicted molar refractivity (Wildman–Crippen MR) is 122 cm³/mol. The van der Waals surface area contributed by atoms with Gasteiger partial charge in [0.2, 0.25) is 4.80 Å². The summed E-state index contributed by atoms with van der Waals surface area (Å²) in [4.78, 5) is 15.9. The van der Waals surface area contributed by atoms with Gasteiger partial charge in [0, 0.05) is 10.9 Å². The van der Waals surface area contributed by atoms with Crippen LogP contribution in [-0.2, 0) is 0 Å². The number of nitrogens with zero attached hydrogens (tertiary/aromatic N) is 4. The van der Waals surface area contributed by atoms with E-state index in [1.807, 2.05) is 68.6 Å². The molecular formula is C23H20N4O3S. The zero-order valence-electron chi connectivity index (χ0n) is 17.3. The van der Waals surface area contributed by atoms with E-state index >= 15 is 0 Å². The van der Waals surface area contributed by atoms with Gasteiger partial charge in [0.1, 0.15) is 4.92 Å². The number of hydrogen-bond acceptors (Lipinski definition) is 6. The van der Waals surface area contributed by atoms with E-state index in [0.717, 1.165) is 33.6 Å². The molecule has 4 rings (SSSR count). The maximum Gasteiger partial charge on any atom is 0.433 e. The van der Waals surface area contributed by atoms with Gasteiger partial charge in [-0.15, -0.1) is 11.3 Å². The smallest absolute Gasteiger partial charge is 0.400 e. The summed E-state index contributed by atoms with van der Waals surface area (Å²) < 4.78 is 6.94. The minimum atomic E-state index is -0.575. The molecule has 4 aromatic rings. The van der Waals surface area contributed by atoms with Crippen LogP contribution in [-0.4, -0.2) is 15.8 Å². The Morgan fingerprint density at radius 3 is 2.39 bits per heavy atom. The van der Waals surface area contributed by atoms with Gasteiger partial charge in [-0.05, 0) is 38.0 Å². The number of thiazole rings is 1.